The first-order valence-electron chi connectivity index (χ1n) is 14.4. The van der Waals surface area contributed by atoms with Crippen molar-refractivity contribution in [1.29, 1.82) is 0 Å². The van der Waals surface area contributed by atoms with E-state index in [-0.39, 0.29) is 24.7 Å². The highest BCUT2D eigenvalue weighted by molar-refractivity contribution is 5.85. The summed E-state index contributed by atoms with van der Waals surface area (Å²) in [5, 5.41) is 11.6. The van der Waals surface area contributed by atoms with E-state index in [0.29, 0.717) is 19.4 Å². The number of nitrogens with one attached hydrogen (secondary N) is 1. The zero-order chi connectivity index (χ0) is 27.9. The summed E-state index contributed by atoms with van der Waals surface area (Å²) in [4.78, 5) is 46.7. The van der Waals surface area contributed by atoms with Gasteiger partial charge in [0.15, 0.2) is 0 Å². The Kier molecular flexibility index (Phi) is 20.7. The molecule has 0 spiro atoms. The van der Waals surface area contributed by atoms with Crippen molar-refractivity contribution < 1.29 is 33.8 Å². The Balaban J connectivity index is 3.70. The molecule has 0 unspecified atom stereocenters. The monoisotopic (exact) mass is 527 g/mol. The molecule has 2 N–H and O–H groups in total. The van der Waals surface area contributed by atoms with Gasteiger partial charge in [-0.2, -0.15) is 0 Å². The standard InChI is InChI=1S/C29H53NO7/c1-5-36-27(34)21-19-17-15-13-11-9-7-6-8-10-12-14-16-18-20-25(31)30-24(22-23-26(32)33)28(35)37-29(2,3)4/h24H,5-23H2,1-4H3,(H,30,31)(H,32,33)/t24-/m0/s1. The van der Waals surface area contributed by atoms with Crippen molar-refractivity contribution >= 4 is 23.8 Å². The van der Waals surface area contributed by atoms with Crippen molar-refractivity contribution in [3.8, 4) is 0 Å². The van der Waals surface area contributed by atoms with Gasteiger partial charge >= 0.3 is 17.9 Å². The van der Waals surface area contributed by atoms with Crippen LogP contribution in [0.4, 0.5) is 0 Å². The average molecular weight is 528 g/mol. The third-order valence-corrected chi connectivity index (χ3v) is 6.01. The highest BCUT2D eigenvalue weighted by Gasteiger charge is 2.27. The fourth-order valence-electron chi connectivity index (χ4n) is 4.07. The molecule has 0 aliphatic rings. The van der Waals surface area contributed by atoms with Gasteiger partial charge in [0.1, 0.15) is 11.6 Å². The molecule has 0 aromatic heterocycles. The summed E-state index contributed by atoms with van der Waals surface area (Å²) in [6.07, 6.45) is 16.7. The van der Waals surface area contributed by atoms with Crippen LogP contribution >= 0.6 is 0 Å². The second kappa shape index (κ2) is 21.9. The quantitative estimate of drug-likeness (QED) is 0.115. The zero-order valence-electron chi connectivity index (χ0n) is 23.9. The molecule has 37 heavy (non-hydrogen) atoms. The Morgan fingerprint density at radius 1 is 0.703 bits per heavy atom. The van der Waals surface area contributed by atoms with Gasteiger partial charge in [0.25, 0.3) is 0 Å². The van der Waals surface area contributed by atoms with Gasteiger partial charge in [-0.25, -0.2) is 4.79 Å². The fourth-order valence-corrected chi connectivity index (χ4v) is 4.07. The Labute approximate surface area is 224 Å². The van der Waals surface area contributed by atoms with Gasteiger partial charge in [0, 0.05) is 19.3 Å². The van der Waals surface area contributed by atoms with Gasteiger partial charge in [-0.1, -0.05) is 77.0 Å². The molecule has 0 fully saturated rings. The van der Waals surface area contributed by atoms with Crippen molar-refractivity contribution in [3.05, 3.63) is 0 Å². The molecule has 0 aliphatic carbocycles. The van der Waals surface area contributed by atoms with E-state index in [0.717, 1.165) is 32.1 Å². The van der Waals surface area contributed by atoms with Gasteiger partial charge in [-0.3, -0.25) is 14.4 Å². The number of carbonyl (C=O) groups excluding carboxylic acids is 3. The van der Waals surface area contributed by atoms with Crippen LogP contribution in [-0.4, -0.2) is 47.2 Å². The van der Waals surface area contributed by atoms with Crippen LogP contribution in [0.2, 0.25) is 0 Å². The van der Waals surface area contributed by atoms with Crippen molar-refractivity contribution in [2.75, 3.05) is 6.61 Å². The van der Waals surface area contributed by atoms with Gasteiger partial charge in [0.2, 0.25) is 5.91 Å². The van der Waals surface area contributed by atoms with Crippen LogP contribution in [0.25, 0.3) is 0 Å². The minimum atomic E-state index is -1.01. The first kappa shape index (κ1) is 34.9. The third-order valence-electron chi connectivity index (χ3n) is 6.01. The molecule has 216 valence electrons. The molecular weight excluding hydrogens is 474 g/mol. The zero-order valence-corrected chi connectivity index (χ0v) is 23.9. The highest BCUT2D eigenvalue weighted by Crippen LogP contribution is 2.15. The highest BCUT2D eigenvalue weighted by atomic mass is 16.6. The number of aliphatic carboxylic acids is 1. The summed E-state index contributed by atoms with van der Waals surface area (Å²) in [5.41, 5.74) is -0.698. The lowest BCUT2D eigenvalue weighted by Gasteiger charge is -2.24. The molecule has 0 aromatic rings. The number of carbonyl (C=O) groups is 4. The predicted octanol–water partition coefficient (Wildman–Crippen LogP) is 6.48. The number of carboxylic acid groups (broad SMARTS) is 1. The van der Waals surface area contributed by atoms with E-state index in [9.17, 15) is 19.2 Å². The van der Waals surface area contributed by atoms with E-state index in [1.54, 1.807) is 20.8 Å². The molecule has 0 saturated heterocycles. The van der Waals surface area contributed by atoms with Crippen LogP contribution in [0.15, 0.2) is 0 Å². The maximum absolute atomic E-state index is 12.3. The van der Waals surface area contributed by atoms with Gasteiger partial charge in [0.05, 0.1) is 6.61 Å². The van der Waals surface area contributed by atoms with Crippen LogP contribution in [0.1, 0.15) is 143 Å². The number of hydrogen-bond acceptors (Lipinski definition) is 6. The van der Waals surface area contributed by atoms with E-state index in [1.807, 2.05) is 6.92 Å². The maximum Gasteiger partial charge on any atom is 0.329 e. The second-order valence-corrected chi connectivity index (χ2v) is 10.8. The number of hydrogen-bond donors (Lipinski definition) is 2. The normalized spacial score (nSPS) is 12.1. The Morgan fingerprint density at radius 3 is 1.54 bits per heavy atom. The van der Waals surface area contributed by atoms with Gasteiger partial charge < -0.3 is 19.9 Å². The smallest absolute Gasteiger partial charge is 0.329 e. The average Bonchev–Trinajstić information content (AvgIpc) is 2.80. The molecule has 0 heterocycles. The number of ether oxygens (including phenoxy) is 2. The van der Waals surface area contributed by atoms with E-state index < -0.39 is 23.6 Å². The number of carboxylic acids is 1. The Bertz CT molecular complexity index is 643. The lowest BCUT2D eigenvalue weighted by atomic mass is 10.0. The van der Waals surface area contributed by atoms with Crippen LogP contribution in [0.5, 0.6) is 0 Å². The number of rotatable bonds is 23. The lowest BCUT2D eigenvalue weighted by molar-refractivity contribution is -0.159. The number of unbranched alkanes of at least 4 members (excludes halogenated alkanes) is 13. The van der Waals surface area contributed by atoms with Crippen molar-refractivity contribution in [3.63, 3.8) is 0 Å². The fraction of sp³-hybridized carbons (Fsp3) is 0.862. The molecule has 0 aromatic carbocycles. The summed E-state index contributed by atoms with van der Waals surface area (Å²) in [6, 6.07) is -0.931. The molecule has 1 atom stereocenters. The van der Waals surface area contributed by atoms with Crippen molar-refractivity contribution in [2.45, 2.75) is 155 Å². The van der Waals surface area contributed by atoms with Gasteiger partial charge in [-0.05, 0) is 47.0 Å². The van der Waals surface area contributed by atoms with Crippen LogP contribution in [0, 0.1) is 0 Å². The van der Waals surface area contributed by atoms with Crippen LogP contribution < -0.4 is 5.32 Å². The minimum absolute atomic E-state index is 0.0209. The summed E-state index contributed by atoms with van der Waals surface area (Å²) < 4.78 is 10.2. The molecule has 0 aliphatic heterocycles. The van der Waals surface area contributed by atoms with E-state index in [4.69, 9.17) is 14.6 Å². The molecule has 1 amide bonds. The first-order chi connectivity index (χ1) is 17.5. The molecule has 0 bridgehead atoms. The third kappa shape index (κ3) is 24.0. The number of esters is 2. The SMILES string of the molecule is CCOC(=O)CCCCCCCCCCCCCCCCC(=O)N[C@@H](CCC(=O)O)C(=O)OC(C)(C)C. The van der Waals surface area contributed by atoms with Crippen molar-refractivity contribution in [1.82, 2.24) is 5.32 Å². The second-order valence-electron chi connectivity index (χ2n) is 10.8. The topological polar surface area (TPSA) is 119 Å². The summed E-state index contributed by atoms with van der Waals surface area (Å²) in [6.45, 7) is 7.52. The first-order valence-corrected chi connectivity index (χ1v) is 14.4. The Morgan fingerprint density at radius 2 is 1.14 bits per heavy atom. The molecule has 8 nitrogen and oxygen atoms in total. The molecule has 8 heteroatoms. The summed E-state index contributed by atoms with van der Waals surface area (Å²) >= 11 is 0. The van der Waals surface area contributed by atoms with E-state index in [2.05, 4.69) is 5.32 Å². The van der Waals surface area contributed by atoms with Crippen LogP contribution in [-0.2, 0) is 28.7 Å². The summed E-state index contributed by atoms with van der Waals surface area (Å²) in [7, 11) is 0. The predicted molar refractivity (Wildman–Crippen MR) is 145 cm³/mol. The van der Waals surface area contributed by atoms with Crippen molar-refractivity contribution in [2.24, 2.45) is 0 Å². The number of amides is 1. The summed E-state index contributed by atoms with van der Waals surface area (Å²) in [5.74, 6) is -1.91. The largest absolute Gasteiger partial charge is 0.481 e. The van der Waals surface area contributed by atoms with E-state index in [1.165, 1.54) is 57.8 Å². The van der Waals surface area contributed by atoms with Crippen LogP contribution in [0.3, 0.4) is 0 Å². The molecule has 0 saturated carbocycles. The molecular formula is C29H53NO7. The maximum atomic E-state index is 12.3. The minimum Gasteiger partial charge on any atom is -0.481 e. The Hall–Kier alpha value is -2.12. The lowest BCUT2D eigenvalue weighted by Crippen LogP contribution is -2.44. The molecule has 0 radical (unpaired) electrons. The molecule has 0 rings (SSSR count). The van der Waals surface area contributed by atoms with E-state index >= 15 is 0 Å². The van der Waals surface area contributed by atoms with Gasteiger partial charge in [-0.15, -0.1) is 0 Å².